The van der Waals surface area contributed by atoms with E-state index in [0.29, 0.717) is 5.22 Å². The third kappa shape index (κ3) is 1.59. The van der Waals surface area contributed by atoms with E-state index in [1.54, 1.807) is 6.26 Å². The van der Waals surface area contributed by atoms with Crippen molar-refractivity contribution in [3.05, 3.63) is 22.6 Å². The van der Waals surface area contributed by atoms with Crippen LogP contribution in [0.25, 0.3) is 0 Å². The standard InChI is InChI=1S/C9H13ClO/c1-6-5-11-8(10)7(6)9(2,3)4/h5H,1-4H3. The van der Waals surface area contributed by atoms with E-state index < -0.39 is 0 Å². The molecule has 1 aromatic rings. The summed E-state index contributed by atoms with van der Waals surface area (Å²) in [5.41, 5.74) is 2.32. The molecule has 0 aliphatic carbocycles. The highest BCUT2D eigenvalue weighted by Gasteiger charge is 2.22. The molecule has 0 unspecified atom stereocenters. The summed E-state index contributed by atoms with van der Waals surface area (Å²) in [6.07, 6.45) is 1.70. The quantitative estimate of drug-likeness (QED) is 0.584. The summed E-state index contributed by atoms with van der Waals surface area (Å²) in [6.45, 7) is 8.38. The molecule has 0 saturated carbocycles. The molecule has 62 valence electrons. The number of halogens is 1. The van der Waals surface area contributed by atoms with Crippen molar-refractivity contribution in [2.24, 2.45) is 0 Å². The summed E-state index contributed by atoms with van der Waals surface area (Å²) in [4.78, 5) is 0. The molecule has 0 fully saturated rings. The van der Waals surface area contributed by atoms with Gasteiger partial charge in [0.05, 0.1) is 6.26 Å². The number of hydrogen-bond acceptors (Lipinski definition) is 1. The zero-order valence-corrected chi connectivity index (χ0v) is 8.12. The smallest absolute Gasteiger partial charge is 0.196 e. The molecule has 0 N–H and O–H groups in total. The normalized spacial score (nSPS) is 12.1. The minimum atomic E-state index is 0.0775. The Labute approximate surface area is 72.4 Å². The highest BCUT2D eigenvalue weighted by molar-refractivity contribution is 6.29. The lowest BCUT2D eigenvalue weighted by molar-refractivity contribution is 0.539. The number of rotatable bonds is 0. The van der Waals surface area contributed by atoms with E-state index in [4.69, 9.17) is 16.0 Å². The van der Waals surface area contributed by atoms with Gasteiger partial charge in [-0.1, -0.05) is 20.8 Å². The monoisotopic (exact) mass is 172 g/mol. The molecule has 1 nitrogen and oxygen atoms in total. The van der Waals surface area contributed by atoms with E-state index in [2.05, 4.69) is 20.8 Å². The van der Waals surface area contributed by atoms with Crippen LogP contribution in [-0.4, -0.2) is 0 Å². The lowest BCUT2D eigenvalue weighted by Crippen LogP contribution is -2.11. The molecule has 0 aliphatic rings. The first kappa shape index (κ1) is 8.66. The molecule has 0 bridgehead atoms. The molecule has 1 heterocycles. The fourth-order valence-corrected chi connectivity index (χ4v) is 1.78. The Morgan fingerprint density at radius 2 is 1.91 bits per heavy atom. The number of furan rings is 1. The van der Waals surface area contributed by atoms with Crippen LogP contribution in [0.15, 0.2) is 10.7 Å². The van der Waals surface area contributed by atoms with Crippen molar-refractivity contribution in [3.8, 4) is 0 Å². The van der Waals surface area contributed by atoms with Crippen LogP contribution in [0.4, 0.5) is 0 Å². The van der Waals surface area contributed by atoms with Crippen LogP contribution in [0.3, 0.4) is 0 Å². The van der Waals surface area contributed by atoms with E-state index in [1.165, 1.54) is 0 Å². The van der Waals surface area contributed by atoms with Crippen LogP contribution >= 0.6 is 11.6 Å². The van der Waals surface area contributed by atoms with Crippen molar-refractivity contribution in [3.63, 3.8) is 0 Å². The van der Waals surface area contributed by atoms with Crippen LogP contribution in [-0.2, 0) is 5.41 Å². The second-order valence-electron chi connectivity index (χ2n) is 3.82. The Bertz CT molecular complexity index is 236. The maximum atomic E-state index is 5.86. The summed E-state index contributed by atoms with van der Waals surface area (Å²) < 4.78 is 5.09. The van der Waals surface area contributed by atoms with Gasteiger partial charge in [-0.05, 0) is 29.5 Å². The van der Waals surface area contributed by atoms with Gasteiger partial charge in [0.1, 0.15) is 0 Å². The van der Waals surface area contributed by atoms with Crippen molar-refractivity contribution >= 4 is 11.6 Å². The molecule has 11 heavy (non-hydrogen) atoms. The Balaban J connectivity index is 3.21. The van der Waals surface area contributed by atoms with E-state index in [9.17, 15) is 0 Å². The Hall–Kier alpha value is -0.430. The fraction of sp³-hybridized carbons (Fsp3) is 0.556. The fourth-order valence-electron chi connectivity index (χ4n) is 1.30. The Kier molecular flexibility index (Phi) is 2.02. The molecule has 0 spiro atoms. The van der Waals surface area contributed by atoms with Crippen LogP contribution in [0.2, 0.25) is 5.22 Å². The summed E-state index contributed by atoms with van der Waals surface area (Å²) in [7, 11) is 0. The van der Waals surface area contributed by atoms with Gasteiger partial charge in [-0.3, -0.25) is 0 Å². The van der Waals surface area contributed by atoms with Gasteiger partial charge in [-0.2, -0.15) is 0 Å². The zero-order chi connectivity index (χ0) is 8.65. The van der Waals surface area contributed by atoms with Crippen LogP contribution < -0.4 is 0 Å². The average Bonchev–Trinajstić information content (AvgIpc) is 2.08. The van der Waals surface area contributed by atoms with Gasteiger partial charge in [-0.25, -0.2) is 0 Å². The zero-order valence-electron chi connectivity index (χ0n) is 7.36. The maximum Gasteiger partial charge on any atom is 0.196 e. The summed E-state index contributed by atoms with van der Waals surface area (Å²) in [6, 6.07) is 0. The van der Waals surface area contributed by atoms with Crippen molar-refractivity contribution in [2.45, 2.75) is 33.1 Å². The first-order valence-electron chi connectivity index (χ1n) is 3.67. The molecule has 0 saturated heterocycles. The van der Waals surface area contributed by atoms with Gasteiger partial charge >= 0.3 is 0 Å². The van der Waals surface area contributed by atoms with Crippen LogP contribution in [0.1, 0.15) is 31.9 Å². The molecule has 0 atom stereocenters. The molecule has 0 aromatic carbocycles. The molecule has 0 amide bonds. The van der Waals surface area contributed by atoms with Crippen LogP contribution in [0, 0.1) is 6.92 Å². The number of aryl methyl sites for hydroxylation is 1. The SMILES string of the molecule is Cc1coc(Cl)c1C(C)(C)C. The number of hydrogen-bond donors (Lipinski definition) is 0. The van der Waals surface area contributed by atoms with Crippen molar-refractivity contribution in [1.82, 2.24) is 0 Å². The molecular weight excluding hydrogens is 160 g/mol. The maximum absolute atomic E-state index is 5.86. The Morgan fingerprint density at radius 1 is 1.36 bits per heavy atom. The summed E-state index contributed by atoms with van der Waals surface area (Å²) in [5.74, 6) is 0. The largest absolute Gasteiger partial charge is 0.452 e. The molecule has 0 aliphatic heterocycles. The summed E-state index contributed by atoms with van der Waals surface area (Å²) >= 11 is 5.86. The third-order valence-electron chi connectivity index (χ3n) is 1.68. The van der Waals surface area contributed by atoms with Crippen molar-refractivity contribution in [2.75, 3.05) is 0 Å². The Morgan fingerprint density at radius 3 is 2.09 bits per heavy atom. The van der Waals surface area contributed by atoms with Gasteiger partial charge in [0, 0.05) is 5.56 Å². The van der Waals surface area contributed by atoms with Gasteiger partial charge in [0.25, 0.3) is 0 Å². The van der Waals surface area contributed by atoms with E-state index in [-0.39, 0.29) is 5.41 Å². The molecular formula is C9H13ClO. The van der Waals surface area contributed by atoms with Gasteiger partial charge in [0.15, 0.2) is 5.22 Å². The minimum absolute atomic E-state index is 0.0775. The predicted octanol–water partition coefficient (Wildman–Crippen LogP) is 3.54. The van der Waals surface area contributed by atoms with E-state index >= 15 is 0 Å². The second kappa shape index (κ2) is 2.56. The molecule has 2 heteroatoms. The van der Waals surface area contributed by atoms with Crippen molar-refractivity contribution < 1.29 is 4.42 Å². The second-order valence-corrected chi connectivity index (χ2v) is 4.16. The van der Waals surface area contributed by atoms with Crippen molar-refractivity contribution in [1.29, 1.82) is 0 Å². The molecule has 1 rings (SSSR count). The first-order chi connectivity index (χ1) is 4.93. The molecule has 1 aromatic heterocycles. The summed E-state index contributed by atoms with van der Waals surface area (Å²) in [5, 5.41) is 0.523. The van der Waals surface area contributed by atoms with Gasteiger partial charge < -0.3 is 4.42 Å². The predicted molar refractivity (Wildman–Crippen MR) is 47.2 cm³/mol. The average molecular weight is 173 g/mol. The first-order valence-corrected chi connectivity index (χ1v) is 4.05. The van der Waals surface area contributed by atoms with E-state index in [1.807, 2.05) is 6.92 Å². The highest BCUT2D eigenvalue weighted by Crippen LogP contribution is 2.33. The third-order valence-corrected chi connectivity index (χ3v) is 1.96. The minimum Gasteiger partial charge on any atom is -0.452 e. The van der Waals surface area contributed by atoms with Crippen LogP contribution in [0.5, 0.6) is 0 Å². The lowest BCUT2D eigenvalue weighted by atomic mass is 9.87. The van der Waals surface area contributed by atoms with E-state index in [0.717, 1.165) is 11.1 Å². The van der Waals surface area contributed by atoms with Gasteiger partial charge in [0.2, 0.25) is 0 Å². The van der Waals surface area contributed by atoms with Gasteiger partial charge in [-0.15, -0.1) is 0 Å². The topological polar surface area (TPSA) is 13.1 Å². The highest BCUT2D eigenvalue weighted by atomic mass is 35.5. The molecule has 0 radical (unpaired) electrons. The lowest BCUT2D eigenvalue weighted by Gasteiger charge is -2.17.